The van der Waals surface area contributed by atoms with E-state index in [-0.39, 0.29) is 12.3 Å². The number of ketones is 1. The van der Waals surface area contributed by atoms with E-state index in [1.165, 1.54) is 0 Å². The molecule has 132 valence electrons. The Bertz CT molecular complexity index is 1200. The summed E-state index contributed by atoms with van der Waals surface area (Å²) in [6, 6.07) is 15.6. The molecule has 0 unspecified atom stereocenters. The van der Waals surface area contributed by atoms with Crippen molar-refractivity contribution >= 4 is 28.3 Å². The van der Waals surface area contributed by atoms with E-state index in [1.807, 2.05) is 48.5 Å². The predicted octanol–water partition coefficient (Wildman–Crippen LogP) is 3.09. The molecular formula is C20H16N6O. The number of benzene rings is 2. The number of carbonyl (C=O) groups is 1. The Balaban J connectivity index is 1.71. The van der Waals surface area contributed by atoms with Crippen LogP contribution in [0.3, 0.4) is 0 Å². The maximum absolute atomic E-state index is 12.7. The molecular weight excluding hydrogens is 340 g/mol. The van der Waals surface area contributed by atoms with Gasteiger partial charge in [0.15, 0.2) is 5.82 Å². The van der Waals surface area contributed by atoms with Crippen LogP contribution < -0.4 is 0 Å². The molecule has 0 fully saturated rings. The van der Waals surface area contributed by atoms with Gasteiger partial charge in [-0.3, -0.25) is 4.79 Å². The third-order valence-corrected chi connectivity index (χ3v) is 4.76. The van der Waals surface area contributed by atoms with E-state index in [0.717, 1.165) is 40.1 Å². The smallest absolute Gasteiger partial charge is 0.203 e. The highest BCUT2D eigenvalue weighted by Gasteiger charge is 2.27. The lowest BCUT2D eigenvalue weighted by Gasteiger charge is -2.14. The molecule has 7 nitrogen and oxygen atoms in total. The Morgan fingerprint density at radius 1 is 1.04 bits per heavy atom. The number of hydrogen-bond donors (Lipinski definition) is 1. The van der Waals surface area contributed by atoms with Crippen LogP contribution in [-0.2, 0) is 17.8 Å². The molecule has 0 bridgehead atoms. The van der Waals surface area contributed by atoms with E-state index in [9.17, 15) is 4.79 Å². The minimum absolute atomic E-state index is 0.0601. The van der Waals surface area contributed by atoms with Crippen molar-refractivity contribution < 1.29 is 4.79 Å². The molecule has 0 amide bonds. The number of H-pyrrole nitrogens is 1. The first-order chi connectivity index (χ1) is 13.2. The Morgan fingerprint density at radius 2 is 1.85 bits per heavy atom. The highest BCUT2D eigenvalue weighted by Crippen LogP contribution is 2.36. The maximum atomic E-state index is 12.7. The van der Waals surface area contributed by atoms with Crippen molar-refractivity contribution in [3.05, 3.63) is 59.8 Å². The fourth-order valence-corrected chi connectivity index (χ4v) is 3.47. The Labute approximate surface area is 154 Å². The van der Waals surface area contributed by atoms with Crippen LogP contribution in [0.5, 0.6) is 0 Å². The van der Waals surface area contributed by atoms with Gasteiger partial charge in [0.05, 0.1) is 5.69 Å². The number of hydrogen-bond acceptors (Lipinski definition) is 5. The van der Waals surface area contributed by atoms with Gasteiger partial charge >= 0.3 is 0 Å². The fraction of sp³-hybridized carbons (Fsp3) is 0.150. The molecule has 2 aromatic heterocycles. The number of Topliss-reactive ketones (excluding diaryl/α,β-unsaturated/α-hetero) is 1. The zero-order valence-electron chi connectivity index (χ0n) is 14.7. The number of nitrogens with zero attached hydrogens (tertiary/aromatic N) is 5. The van der Waals surface area contributed by atoms with Gasteiger partial charge in [-0.05, 0) is 24.1 Å². The third kappa shape index (κ3) is 2.47. The molecule has 1 N–H and O–H groups in total. The van der Waals surface area contributed by atoms with Crippen LogP contribution in [0, 0.1) is 0 Å². The number of nitrogens with one attached hydrogen (secondary N) is 1. The lowest BCUT2D eigenvalue weighted by Crippen LogP contribution is -2.25. The molecule has 0 atom stereocenters. The van der Waals surface area contributed by atoms with Gasteiger partial charge in [0.2, 0.25) is 5.78 Å². The monoisotopic (exact) mass is 356 g/mol. The first-order valence-electron chi connectivity index (χ1n) is 8.82. The van der Waals surface area contributed by atoms with Crippen LogP contribution in [0.2, 0.25) is 0 Å². The second-order valence-electron chi connectivity index (χ2n) is 6.43. The van der Waals surface area contributed by atoms with Crippen LogP contribution in [-0.4, -0.2) is 36.7 Å². The summed E-state index contributed by atoms with van der Waals surface area (Å²) in [7, 11) is 0. The maximum Gasteiger partial charge on any atom is 0.203 e. The van der Waals surface area contributed by atoms with E-state index >= 15 is 0 Å². The van der Waals surface area contributed by atoms with Crippen LogP contribution >= 0.6 is 0 Å². The van der Waals surface area contributed by atoms with Gasteiger partial charge in [0.1, 0.15) is 23.3 Å². The molecule has 0 aliphatic carbocycles. The SMILES string of the molecule is CCc1nn2c(c1-c1ccccc1)N=C(c1ccc3n[nH]nc3c1)C(=O)C2. The van der Waals surface area contributed by atoms with E-state index in [4.69, 9.17) is 4.99 Å². The van der Waals surface area contributed by atoms with Crippen molar-refractivity contribution in [2.24, 2.45) is 4.99 Å². The zero-order valence-corrected chi connectivity index (χ0v) is 14.7. The lowest BCUT2D eigenvalue weighted by molar-refractivity contribution is -0.113. The van der Waals surface area contributed by atoms with Gasteiger partial charge in [0.25, 0.3) is 0 Å². The summed E-state index contributed by atoms with van der Waals surface area (Å²) in [5.41, 5.74) is 5.63. The highest BCUT2D eigenvalue weighted by atomic mass is 16.1. The summed E-state index contributed by atoms with van der Waals surface area (Å²) in [5.74, 6) is 0.669. The highest BCUT2D eigenvalue weighted by molar-refractivity contribution is 6.47. The summed E-state index contributed by atoms with van der Waals surface area (Å²) >= 11 is 0. The number of aromatic amines is 1. The molecule has 2 aromatic carbocycles. The van der Waals surface area contributed by atoms with Crippen LogP contribution in [0.1, 0.15) is 18.2 Å². The summed E-state index contributed by atoms with van der Waals surface area (Å²) < 4.78 is 1.71. The van der Waals surface area contributed by atoms with Crippen molar-refractivity contribution in [1.29, 1.82) is 0 Å². The standard InChI is InChI=1S/C20H16N6O/c1-2-14-18(12-6-4-3-5-7-12)20-21-19(17(27)11-26(20)24-14)13-8-9-15-16(10-13)23-25-22-15/h3-10H,2,11H2,1H3,(H,22,23,25). The molecule has 1 aliphatic rings. The second-order valence-corrected chi connectivity index (χ2v) is 6.43. The first kappa shape index (κ1) is 15.6. The van der Waals surface area contributed by atoms with Gasteiger partial charge in [0, 0.05) is 11.1 Å². The average Bonchev–Trinajstić information content (AvgIpc) is 3.31. The van der Waals surface area contributed by atoms with E-state index < -0.39 is 0 Å². The average molecular weight is 356 g/mol. The van der Waals surface area contributed by atoms with Crippen molar-refractivity contribution in [1.82, 2.24) is 25.2 Å². The normalized spacial score (nSPS) is 13.7. The van der Waals surface area contributed by atoms with Gasteiger partial charge in [-0.1, -0.05) is 43.3 Å². The molecule has 1 aliphatic heterocycles. The molecule has 0 saturated carbocycles. The predicted molar refractivity (Wildman–Crippen MR) is 102 cm³/mol. The zero-order chi connectivity index (χ0) is 18.4. The minimum atomic E-state index is -0.0601. The number of aromatic nitrogens is 5. The van der Waals surface area contributed by atoms with E-state index in [0.29, 0.717) is 11.2 Å². The second kappa shape index (κ2) is 5.98. The van der Waals surface area contributed by atoms with Gasteiger partial charge in [-0.25, -0.2) is 9.67 Å². The van der Waals surface area contributed by atoms with Gasteiger partial charge < -0.3 is 0 Å². The lowest BCUT2D eigenvalue weighted by atomic mass is 10.0. The minimum Gasteiger partial charge on any atom is -0.290 e. The van der Waals surface area contributed by atoms with Crippen molar-refractivity contribution in [3.63, 3.8) is 0 Å². The Kier molecular flexibility index (Phi) is 3.46. The van der Waals surface area contributed by atoms with Gasteiger partial charge in [-0.15, -0.1) is 0 Å². The summed E-state index contributed by atoms with van der Waals surface area (Å²) in [6.07, 6.45) is 0.772. The quantitative estimate of drug-likeness (QED) is 0.611. The summed E-state index contributed by atoms with van der Waals surface area (Å²) in [6.45, 7) is 2.25. The number of rotatable bonds is 3. The van der Waals surface area contributed by atoms with Gasteiger partial charge in [-0.2, -0.15) is 20.5 Å². The summed E-state index contributed by atoms with van der Waals surface area (Å²) in [4.78, 5) is 17.5. The summed E-state index contributed by atoms with van der Waals surface area (Å²) in [5, 5.41) is 15.4. The molecule has 0 saturated heterocycles. The van der Waals surface area contributed by atoms with Crippen molar-refractivity contribution in [2.75, 3.05) is 0 Å². The van der Waals surface area contributed by atoms with Crippen molar-refractivity contribution in [2.45, 2.75) is 19.9 Å². The third-order valence-electron chi connectivity index (χ3n) is 4.76. The van der Waals surface area contributed by atoms with Crippen molar-refractivity contribution in [3.8, 4) is 11.1 Å². The molecule has 3 heterocycles. The fourth-order valence-electron chi connectivity index (χ4n) is 3.47. The molecule has 7 heteroatoms. The van der Waals surface area contributed by atoms with Crippen LogP contribution in [0.25, 0.3) is 22.2 Å². The van der Waals surface area contributed by atoms with Crippen LogP contribution in [0.15, 0.2) is 53.5 Å². The molecule has 0 radical (unpaired) electrons. The van der Waals surface area contributed by atoms with E-state index in [2.05, 4.69) is 27.4 Å². The van der Waals surface area contributed by atoms with E-state index in [1.54, 1.807) is 4.68 Å². The van der Waals surface area contributed by atoms with Crippen LogP contribution in [0.4, 0.5) is 5.82 Å². The molecule has 27 heavy (non-hydrogen) atoms. The largest absolute Gasteiger partial charge is 0.290 e. The molecule has 0 spiro atoms. The number of fused-ring (bicyclic) bond motifs is 2. The first-order valence-corrected chi connectivity index (χ1v) is 8.82. The number of carbonyl (C=O) groups excluding carboxylic acids is 1. The molecule has 4 aromatic rings. The number of aliphatic imine (C=N–C) groups is 1. The number of aryl methyl sites for hydroxylation is 1. The Hall–Kier alpha value is -3.61. The molecule has 5 rings (SSSR count). The Morgan fingerprint density at radius 3 is 2.67 bits per heavy atom. The topological polar surface area (TPSA) is 88.8 Å².